The molecule has 5 nitrogen and oxygen atoms in total. The SMILES string of the molecule is COC1=C(O)C(=O)C(O)CO1. The predicted octanol–water partition coefficient (Wildman–Crippen LogP) is -0.680. The first-order valence-corrected chi connectivity index (χ1v) is 2.99. The molecule has 5 heteroatoms. The maximum absolute atomic E-state index is 10.8. The zero-order valence-corrected chi connectivity index (χ0v) is 5.90. The van der Waals surface area contributed by atoms with E-state index in [0.717, 1.165) is 0 Å². The third kappa shape index (κ3) is 1.27. The summed E-state index contributed by atoms with van der Waals surface area (Å²) < 4.78 is 9.16. The molecule has 0 aromatic heterocycles. The van der Waals surface area contributed by atoms with E-state index in [-0.39, 0.29) is 12.6 Å². The number of Topliss-reactive ketones (excluding diaryl/α,β-unsaturated/α-hetero) is 1. The van der Waals surface area contributed by atoms with E-state index in [9.17, 15) is 4.79 Å². The summed E-state index contributed by atoms with van der Waals surface area (Å²) >= 11 is 0. The number of ketones is 1. The number of ether oxygens (including phenoxy) is 2. The highest BCUT2D eigenvalue weighted by Gasteiger charge is 2.30. The van der Waals surface area contributed by atoms with Gasteiger partial charge in [-0.25, -0.2) is 0 Å². The average molecular weight is 160 g/mol. The number of aliphatic hydroxyl groups is 2. The summed E-state index contributed by atoms with van der Waals surface area (Å²) in [5.74, 6) is -1.67. The lowest BCUT2D eigenvalue weighted by atomic mass is 10.2. The van der Waals surface area contributed by atoms with Crippen LogP contribution in [0.4, 0.5) is 0 Å². The average Bonchev–Trinajstić information content (AvgIpc) is 2.01. The number of methoxy groups -OCH3 is 1. The quantitative estimate of drug-likeness (QED) is 0.531. The van der Waals surface area contributed by atoms with Crippen LogP contribution in [0.3, 0.4) is 0 Å². The van der Waals surface area contributed by atoms with Gasteiger partial charge in [-0.1, -0.05) is 0 Å². The van der Waals surface area contributed by atoms with E-state index in [1.807, 2.05) is 0 Å². The lowest BCUT2D eigenvalue weighted by molar-refractivity contribution is -0.135. The second kappa shape index (κ2) is 2.79. The van der Waals surface area contributed by atoms with E-state index in [1.165, 1.54) is 7.11 Å². The van der Waals surface area contributed by atoms with Crippen LogP contribution in [0.25, 0.3) is 0 Å². The topological polar surface area (TPSA) is 76.0 Å². The molecule has 1 aliphatic rings. The summed E-state index contributed by atoms with van der Waals surface area (Å²) in [7, 11) is 1.26. The van der Waals surface area contributed by atoms with Gasteiger partial charge < -0.3 is 19.7 Å². The Bertz CT molecular complexity index is 207. The molecular formula is C6H8O5. The fourth-order valence-corrected chi connectivity index (χ4v) is 0.713. The van der Waals surface area contributed by atoms with Gasteiger partial charge in [-0.15, -0.1) is 0 Å². The van der Waals surface area contributed by atoms with Crippen molar-refractivity contribution in [3.8, 4) is 0 Å². The second-order valence-corrected chi connectivity index (χ2v) is 2.03. The van der Waals surface area contributed by atoms with E-state index in [1.54, 1.807) is 0 Å². The molecule has 1 aliphatic heterocycles. The maximum atomic E-state index is 10.8. The molecule has 62 valence electrons. The van der Waals surface area contributed by atoms with Gasteiger partial charge in [0, 0.05) is 0 Å². The molecular weight excluding hydrogens is 152 g/mol. The summed E-state index contributed by atoms with van der Waals surface area (Å²) in [6.45, 7) is -0.175. The van der Waals surface area contributed by atoms with E-state index in [0.29, 0.717) is 0 Å². The zero-order valence-electron chi connectivity index (χ0n) is 5.90. The highest BCUT2D eigenvalue weighted by atomic mass is 16.7. The molecule has 1 unspecified atom stereocenters. The number of aliphatic hydroxyl groups excluding tert-OH is 2. The van der Waals surface area contributed by atoms with Gasteiger partial charge in [0.15, 0.2) is 6.10 Å². The van der Waals surface area contributed by atoms with Gasteiger partial charge in [0.25, 0.3) is 0 Å². The monoisotopic (exact) mass is 160 g/mol. The van der Waals surface area contributed by atoms with Gasteiger partial charge in [-0.05, 0) is 0 Å². The van der Waals surface area contributed by atoms with Crippen LogP contribution in [0.15, 0.2) is 11.7 Å². The Kier molecular flexibility index (Phi) is 2.00. The van der Waals surface area contributed by atoms with Crippen molar-refractivity contribution < 1.29 is 24.5 Å². The first kappa shape index (κ1) is 7.87. The first-order chi connectivity index (χ1) is 5.16. The van der Waals surface area contributed by atoms with E-state index >= 15 is 0 Å². The van der Waals surface area contributed by atoms with Crippen molar-refractivity contribution in [3.63, 3.8) is 0 Å². The van der Waals surface area contributed by atoms with Crippen LogP contribution in [-0.2, 0) is 14.3 Å². The molecule has 0 amide bonds. The van der Waals surface area contributed by atoms with E-state index < -0.39 is 17.6 Å². The van der Waals surface area contributed by atoms with Crippen LogP contribution in [0.5, 0.6) is 0 Å². The van der Waals surface area contributed by atoms with Crippen molar-refractivity contribution in [1.29, 1.82) is 0 Å². The standard InChI is InChI=1S/C6H8O5/c1-10-6-5(9)4(8)3(7)2-11-6/h3,7,9H,2H2,1H3. The molecule has 1 heterocycles. The van der Waals surface area contributed by atoms with Crippen molar-refractivity contribution in [2.24, 2.45) is 0 Å². The normalized spacial score (nSPS) is 24.9. The maximum Gasteiger partial charge on any atom is 0.327 e. The molecule has 0 saturated carbocycles. The zero-order chi connectivity index (χ0) is 8.43. The number of hydrogen-bond donors (Lipinski definition) is 2. The van der Waals surface area contributed by atoms with Crippen LogP contribution in [0.1, 0.15) is 0 Å². The summed E-state index contributed by atoms with van der Waals surface area (Å²) in [4.78, 5) is 10.8. The van der Waals surface area contributed by atoms with Crippen molar-refractivity contribution in [3.05, 3.63) is 11.7 Å². The molecule has 0 aromatic rings. The molecule has 0 saturated heterocycles. The number of hydrogen-bond acceptors (Lipinski definition) is 5. The van der Waals surface area contributed by atoms with Crippen molar-refractivity contribution in [2.75, 3.05) is 13.7 Å². The number of carbonyl (C=O) groups excluding carboxylic acids is 1. The van der Waals surface area contributed by atoms with Crippen LogP contribution < -0.4 is 0 Å². The van der Waals surface area contributed by atoms with Crippen LogP contribution in [-0.4, -0.2) is 35.8 Å². The molecule has 0 bridgehead atoms. The highest BCUT2D eigenvalue weighted by molar-refractivity contribution is 5.97. The Morgan fingerprint density at radius 2 is 2.36 bits per heavy atom. The molecule has 11 heavy (non-hydrogen) atoms. The first-order valence-electron chi connectivity index (χ1n) is 2.99. The molecule has 0 aromatic carbocycles. The van der Waals surface area contributed by atoms with Gasteiger partial charge >= 0.3 is 5.95 Å². The molecule has 1 rings (SSSR count). The Morgan fingerprint density at radius 3 is 2.91 bits per heavy atom. The van der Waals surface area contributed by atoms with E-state index in [4.69, 9.17) is 10.2 Å². The molecule has 2 N–H and O–H groups in total. The summed E-state index contributed by atoms with van der Waals surface area (Å²) in [6, 6.07) is 0. The minimum Gasteiger partial charge on any atom is -0.499 e. The fourth-order valence-electron chi connectivity index (χ4n) is 0.713. The van der Waals surface area contributed by atoms with E-state index in [2.05, 4.69) is 9.47 Å². The van der Waals surface area contributed by atoms with Gasteiger partial charge in [0.05, 0.1) is 7.11 Å². The third-order valence-corrected chi connectivity index (χ3v) is 1.29. The third-order valence-electron chi connectivity index (χ3n) is 1.29. The minimum absolute atomic E-state index is 0.175. The van der Waals surface area contributed by atoms with Gasteiger partial charge in [-0.3, -0.25) is 4.79 Å². The van der Waals surface area contributed by atoms with Crippen LogP contribution in [0, 0.1) is 0 Å². The van der Waals surface area contributed by atoms with Crippen molar-refractivity contribution in [1.82, 2.24) is 0 Å². The van der Waals surface area contributed by atoms with Crippen LogP contribution in [0.2, 0.25) is 0 Å². The Labute approximate surface area is 62.8 Å². The fraction of sp³-hybridized carbons (Fsp3) is 0.500. The molecule has 0 aliphatic carbocycles. The van der Waals surface area contributed by atoms with Crippen molar-refractivity contribution >= 4 is 5.78 Å². The summed E-state index contributed by atoms with van der Waals surface area (Å²) in [5.41, 5.74) is 0. The second-order valence-electron chi connectivity index (χ2n) is 2.03. The van der Waals surface area contributed by atoms with Gasteiger partial charge in [0.2, 0.25) is 11.5 Å². The largest absolute Gasteiger partial charge is 0.499 e. The minimum atomic E-state index is -1.28. The van der Waals surface area contributed by atoms with Gasteiger partial charge in [-0.2, -0.15) is 0 Å². The highest BCUT2D eigenvalue weighted by Crippen LogP contribution is 2.13. The Morgan fingerprint density at radius 1 is 1.73 bits per heavy atom. The summed E-state index contributed by atoms with van der Waals surface area (Å²) in [5, 5.41) is 17.8. The number of rotatable bonds is 1. The molecule has 0 spiro atoms. The Balaban J connectivity index is 2.87. The molecule has 1 atom stereocenters. The molecule has 0 radical (unpaired) electrons. The summed E-state index contributed by atoms with van der Waals surface area (Å²) in [6.07, 6.45) is -1.28. The van der Waals surface area contributed by atoms with Crippen molar-refractivity contribution in [2.45, 2.75) is 6.10 Å². The predicted molar refractivity (Wildman–Crippen MR) is 33.6 cm³/mol. The number of carbonyl (C=O) groups is 1. The van der Waals surface area contributed by atoms with Gasteiger partial charge in [0.1, 0.15) is 6.61 Å². The molecule has 0 fully saturated rings. The smallest absolute Gasteiger partial charge is 0.327 e. The Hall–Kier alpha value is -1.23. The lowest BCUT2D eigenvalue weighted by Crippen LogP contribution is -2.33. The lowest BCUT2D eigenvalue weighted by Gasteiger charge is -2.18. The van der Waals surface area contributed by atoms with Crippen LogP contribution >= 0.6 is 0 Å².